The SMILES string of the molecule is CCCCOC(=O)C1C=CC=C(C)C1(O)C(=O)CCC. The molecule has 20 heavy (non-hydrogen) atoms. The number of carbonyl (C=O) groups is 2. The predicted molar refractivity (Wildman–Crippen MR) is 77.1 cm³/mol. The third-order valence-electron chi connectivity index (χ3n) is 3.60. The molecule has 2 atom stereocenters. The highest BCUT2D eigenvalue weighted by atomic mass is 16.5. The maximum atomic E-state index is 12.2. The van der Waals surface area contributed by atoms with E-state index in [9.17, 15) is 14.7 Å². The Morgan fingerprint density at radius 2 is 2.05 bits per heavy atom. The fraction of sp³-hybridized carbons (Fsp3) is 0.625. The van der Waals surface area contributed by atoms with Crippen molar-refractivity contribution in [2.45, 2.75) is 52.1 Å². The first-order valence-electron chi connectivity index (χ1n) is 7.26. The van der Waals surface area contributed by atoms with E-state index in [1.165, 1.54) is 0 Å². The second kappa shape index (κ2) is 7.39. The van der Waals surface area contributed by atoms with E-state index in [1.54, 1.807) is 25.2 Å². The number of aliphatic hydroxyl groups is 1. The number of unbranched alkanes of at least 4 members (excludes halogenated alkanes) is 1. The van der Waals surface area contributed by atoms with Gasteiger partial charge in [-0.1, -0.05) is 38.5 Å². The van der Waals surface area contributed by atoms with E-state index in [2.05, 4.69) is 0 Å². The minimum absolute atomic E-state index is 0.244. The topological polar surface area (TPSA) is 63.6 Å². The molecule has 112 valence electrons. The minimum Gasteiger partial charge on any atom is -0.465 e. The minimum atomic E-state index is -1.76. The first kappa shape index (κ1) is 16.6. The van der Waals surface area contributed by atoms with Crippen molar-refractivity contribution in [1.82, 2.24) is 0 Å². The van der Waals surface area contributed by atoms with Crippen LogP contribution in [0.4, 0.5) is 0 Å². The lowest BCUT2D eigenvalue weighted by atomic mass is 9.74. The van der Waals surface area contributed by atoms with Crippen LogP contribution in [0.15, 0.2) is 23.8 Å². The highest BCUT2D eigenvalue weighted by Crippen LogP contribution is 2.34. The van der Waals surface area contributed by atoms with E-state index in [0.29, 0.717) is 18.6 Å². The Morgan fingerprint density at radius 1 is 1.35 bits per heavy atom. The van der Waals surface area contributed by atoms with Gasteiger partial charge in [-0.15, -0.1) is 0 Å². The van der Waals surface area contributed by atoms with Crippen molar-refractivity contribution in [2.75, 3.05) is 6.61 Å². The third-order valence-corrected chi connectivity index (χ3v) is 3.60. The van der Waals surface area contributed by atoms with Gasteiger partial charge in [0.25, 0.3) is 0 Å². The highest BCUT2D eigenvalue weighted by molar-refractivity contribution is 5.96. The van der Waals surface area contributed by atoms with Crippen LogP contribution in [0.2, 0.25) is 0 Å². The van der Waals surface area contributed by atoms with Gasteiger partial charge in [0.2, 0.25) is 0 Å². The Labute approximate surface area is 120 Å². The molecule has 4 nitrogen and oxygen atoms in total. The van der Waals surface area contributed by atoms with Crippen LogP contribution in [0.25, 0.3) is 0 Å². The Morgan fingerprint density at radius 3 is 2.65 bits per heavy atom. The number of ether oxygens (including phenoxy) is 1. The number of hydrogen-bond donors (Lipinski definition) is 1. The van der Waals surface area contributed by atoms with E-state index >= 15 is 0 Å². The molecule has 0 bridgehead atoms. The summed E-state index contributed by atoms with van der Waals surface area (Å²) < 4.78 is 5.16. The van der Waals surface area contributed by atoms with Gasteiger partial charge in [-0.2, -0.15) is 0 Å². The lowest BCUT2D eigenvalue weighted by Crippen LogP contribution is -2.50. The summed E-state index contributed by atoms with van der Waals surface area (Å²) in [5.41, 5.74) is -1.26. The van der Waals surface area contributed by atoms with E-state index < -0.39 is 17.5 Å². The lowest BCUT2D eigenvalue weighted by Gasteiger charge is -2.34. The fourth-order valence-electron chi connectivity index (χ4n) is 2.29. The van der Waals surface area contributed by atoms with Gasteiger partial charge < -0.3 is 9.84 Å². The maximum Gasteiger partial charge on any atom is 0.316 e. The van der Waals surface area contributed by atoms with Crippen LogP contribution in [0, 0.1) is 5.92 Å². The molecule has 0 amide bonds. The normalized spacial score (nSPS) is 25.2. The van der Waals surface area contributed by atoms with Gasteiger partial charge in [0.1, 0.15) is 5.92 Å². The van der Waals surface area contributed by atoms with Gasteiger partial charge in [0, 0.05) is 6.42 Å². The van der Waals surface area contributed by atoms with Gasteiger partial charge in [-0.25, -0.2) is 0 Å². The smallest absolute Gasteiger partial charge is 0.316 e. The molecular formula is C16H24O4. The van der Waals surface area contributed by atoms with Gasteiger partial charge in [-0.05, 0) is 25.3 Å². The van der Waals surface area contributed by atoms with Crippen molar-refractivity contribution in [2.24, 2.45) is 5.92 Å². The maximum absolute atomic E-state index is 12.2. The number of Topliss-reactive ketones (excluding diaryl/α,β-unsaturated/α-hetero) is 1. The molecule has 0 aromatic heterocycles. The van der Waals surface area contributed by atoms with E-state index in [0.717, 1.165) is 12.8 Å². The van der Waals surface area contributed by atoms with Crippen LogP contribution < -0.4 is 0 Å². The number of rotatable bonds is 7. The third kappa shape index (κ3) is 3.37. The fourth-order valence-corrected chi connectivity index (χ4v) is 2.29. The van der Waals surface area contributed by atoms with Crippen molar-refractivity contribution >= 4 is 11.8 Å². The summed E-state index contributed by atoms with van der Waals surface area (Å²) in [6.45, 7) is 5.86. The Hall–Kier alpha value is -1.42. The molecule has 0 aromatic rings. The molecule has 2 unspecified atom stereocenters. The molecule has 1 aliphatic rings. The van der Waals surface area contributed by atoms with Crippen molar-refractivity contribution in [1.29, 1.82) is 0 Å². The van der Waals surface area contributed by atoms with Crippen LogP contribution in [0.5, 0.6) is 0 Å². The quantitative estimate of drug-likeness (QED) is 0.575. The number of hydrogen-bond acceptors (Lipinski definition) is 4. The zero-order valence-electron chi connectivity index (χ0n) is 12.5. The van der Waals surface area contributed by atoms with Crippen molar-refractivity contribution in [3.05, 3.63) is 23.8 Å². The van der Waals surface area contributed by atoms with E-state index in [4.69, 9.17) is 4.74 Å². The van der Waals surface area contributed by atoms with Crippen LogP contribution in [0.1, 0.15) is 46.5 Å². The molecule has 1 rings (SSSR count). The predicted octanol–water partition coefficient (Wildman–Crippen LogP) is 2.56. The monoisotopic (exact) mass is 280 g/mol. The zero-order valence-corrected chi connectivity index (χ0v) is 12.5. The average molecular weight is 280 g/mol. The number of allylic oxidation sites excluding steroid dienone is 2. The Balaban J connectivity index is 2.92. The largest absolute Gasteiger partial charge is 0.465 e. The molecule has 0 saturated carbocycles. The molecular weight excluding hydrogens is 256 g/mol. The van der Waals surface area contributed by atoms with Gasteiger partial charge in [0.15, 0.2) is 11.4 Å². The summed E-state index contributed by atoms with van der Waals surface area (Å²) in [5, 5.41) is 10.8. The summed E-state index contributed by atoms with van der Waals surface area (Å²) in [5.74, 6) is -1.80. The molecule has 0 radical (unpaired) electrons. The van der Waals surface area contributed by atoms with Crippen LogP contribution >= 0.6 is 0 Å². The molecule has 0 saturated heterocycles. The van der Waals surface area contributed by atoms with E-state index in [1.807, 2.05) is 13.8 Å². The summed E-state index contributed by atoms with van der Waals surface area (Å²) in [6, 6.07) is 0. The van der Waals surface area contributed by atoms with Gasteiger partial charge in [0.05, 0.1) is 6.61 Å². The summed E-state index contributed by atoms with van der Waals surface area (Å²) >= 11 is 0. The molecule has 0 spiro atoms. The second-order valence-electron chi connectivity index (χ2n) is 5.17. The van der Waals surface area contributed by atoms with Crippen LogP contribution in [-0.2, 0) is 14.3 Å². The average Bonchev–Trinajstić information content (AvgIpc) is 2.42. The second-order valence-corrected chi connectivity index (χ2v) is 5.17. The first-order chi connectivity index (χ1) is 9.48. The van der Waals surface area contributed by atoms with Crippen molar-refractivity contribution in [3.63, 3.8) is 0 Å². The molecule has 0 aliphatic heterocycles. The molecule has 4 heteroatoms. The molecule has 1 N–H and O–H groups in total. The van der Waals surface area contributed by atoms with Gasteiger partial charge in [-0.3, -0.25) is 9.59 Å². The lowest BCUT2D eigenvalue weighted by molar-refractivity contribution is -0.159. The van der Waals surface area contributed by atoms with Crippen molar-refractivity contribution < 1.29 is 19.4 Å². The van der Waals surface area contributed by atoms with Crippen LogP contribution in [0.3, 0.4) is 0 Å². The number of ketones is 1. The number of carbonyl (C=O) groups excluding carboxylic acids is 2. The molecule has 0 fully saturated rings. The molecule has 1 aliphatic carbocycles. The van der Waals surface area contributed by atoms with Gasteiger partial charge >= 0.3 is 5.97 Å². The Kier molecular flexibility index (Phi) is 6.14. The Bertz CT molecular complexity index is 422. The highest BCUT2D eigenvalue weighted by Gasteiger charge is 2.48. The summed E-state index contributed by atoms with van der Waals surface area (Å²) in [4.78, 5) is 24.4. The summed E-state index contributed by atoms with van der Waals surface area (Å²) in [7, 11) is 0. The van der Waals surface area contributed by atoms with E-state index in [-0.39, 0.29) is 12.2 Å². The number of esters is 1. The zero-order chi connectivity index (χ0) is 15.2. The molecule has 0 heterocycles. The van der Waals surface area contributed by atoms with Crippen molar-refractivity contribution in [3.8, 4) is 0 Å². The standard InChI is InChI=1S/C16H24O4/c1-4-6-11-20-15(18)13-10-7-9-12(3)16(13,19)14(17)8-5-2/h7,9-10,13,19H,4-6,8,11H2,1-3H3. The first-order valence-corrected chi connectivity index (χ1v) is 7.26. The van der Waals surface area contributed by atoms with Crippen LogP contribution in [-0.4, -0.2) is 29.1 Å². The molecule has 0 aromatic carbocycles. The summed E-state index contributed by atoms with van der Waals surface area (Å²) in [6.07, 6.45) is 7.49.